The molecule has 0 radical (unpaired) electrons. The fourth-order valence-electron chi connectivity index (χ4n) is 3.17. The zero-order chi connectivity index (χ0) is 20.9. The van der Waals surface area contributed by atoms with Gasteiger partial charge in [0.05, 0.1) is 5.02 Å². The van der Waals surface area contributed by atoms with Crippen LogP contribution in [0.15, 0.2) is 23.1 Å². The normalized spacial score (nSPS) is 15.8. The number of aryl methyl sites for hydroxylation is 1. The molecule has 1 saturated heterocycles. The summed E-state index contributed by atoms with van der Waals surface area (Å²) in [5.74, 6) is -0.438. The molecule has 2 aromatic rings. The Balaban J connectivity index is 1.79. The van der Waals surface area contributed by atoms with Crippen molar-refractivity contribution in [3.05, 3.63) is 33.8 Å². The van der Waals surface area contributed by atoms with Crippen LogP contribution in [0.2, 0.25) is 5.02 Å². The molecule has 158 valence electrons. The number of carbonyl (C=O) groups is 1. The zero-order valence-corrected chi connectivity index (χ0v) is 18.7. The quantitative estimate of drug-likeness (QED) is 0.668. The van der Waals surface area contributed by atoms with Crippen LogP contribution in [0.4, 0.5) is 5.13 Å². The molecule has 2 heterocycles. The van der Waals surface area contributed by atoms with Crippen molar-refractivity contribution in [2.24, 2.45) is 0 Å². The van der Waals surface area contributed by atoms with Gasteiger partial charge in [-0.15, -0.1) is 10.2 Å². The van der Waals surface area contributed by atoms with E-state index in [1.54, 1.807) is 0 Å². The van der Waals surface area contributed by atoms with Gasteiger partial charge in [0, 0.05) is 25.1 Å². The summed E-state index contributed by atoms with van der Waals surface area (Å²) in [6.07, 6.45) is 6.58. The predicted molar refractivity (Wildman–Crippen MR) is 115 cm³/mol. The van der Waals surface area contributed by atoms with Gasteiger partial charge in [0.15, 0.2) is 0 Å². The molecule has 1 aliphatic heterocycles. The Kier molecular flexibility index (Phi) is 7.61. The van der Waals surface area contributed by atoms with E-state index >= 15 is 0 Å². The number of unbranched alkanes of at least 4 members (excludes halogenated alkanes) is 1. The average Bonchev–Trinajstić information content (AvgIpc) is 2.96. The minimum Gasteiger partial charge on any atom is -0.296 e. The maximum atomic E-state index is 13.1. The van der Waals surface area contributed by atoms with Gasteiger partial charge < -0.3 is 0 Å². The number of sulfonamides is 1. The minimum absolute atomic E-state index is 0.0328. The van der Waals surface area contributed by atoms with E-state index in [0.717, 1.165) is 50.0 Å². The first-order valence-corrected chi connectivity index (χ1v) is 12.5. The van der Waals surface area contributed by atoms with Crippen LogP contribution < -0.4 is 5.32 Å². The molecule has 1 aromatic heterocycles. The summed E-state index contributed by atoms with van der Waals surface area (Å²) in [6.45, 7) is 3.04. The topological polar surface area (TPSA) is 92.3 Å². The average molecular weight is 457 g/mol. The Morgan fingerprint density at radius 2 is 1.93 bits per heavy atom. The second-order valence-electron chi connectivity index (χ2n) is 7.02. The third kappa shape index (κ3) is 5.53. The van der Waals surface area contributed by atoms with E-state index in [9.17, 15) is 13.2 Å². The van der Waals surface area contributed by atoms with E-state index in [2.05, 4.69) is 22.4 Å². The summed E-state index contributed by atoms with van der Waals surface area (Å²) in [7, 11) is -3.76. The number of benzene rings is 1. The molecule has 29 heavy (non-hydrogen) atoms. The molecular weight excluding hydrogens is 432 g/mol. The number of aromatic nitrogens is 2. The van der Waals surface area contributed by atoms with E-state index in [1.165, 1.54) is 33.8 Å². The number of hydrogen-bond acceptors (Lipinski definition) is 6. The van der Waals surface area contributed by atoms with Crippen molar-refractivity contribution in [2.75, 3.05) is 18.4 Å². The maximum absolute atomic E-state index is 13.1. The molecule has 0 bridgehead atoms. The molecular formula is C19H25ClN4O3S2. The number of amides is 1. The molecule has 3 rings (SSSR count). The molecule has 1 N–H and O–H groups in total. The molecule has 0 aliphatic carbocycles. The Labute approximate surface area is 180 Å². The van der Waals surface area contributed by atoms with Crippen LogP contribution in [0, 0.1) is 0 Å². The first kappa shape index (κ1) is 22.1. The van der Waals surface area contributed by atoms with Crippen molar-refractivity contribution in [1.82, 2.24) is 14.5 Å². The molecule has 0 saturated carbocycles. The summed E-state index contributed by atoms with van der Waals surface area (Å²) in [6, 6.07) is 4.31. The molecule has 10 heteroatoms. The molecule has 0 spiro atoms. The van der Waals surface area contributed by atoms with Gasteiger partial charge >= 0.3 is 0 Å². The summed E-state index contributed by atoms with van der Waals surface area (Å²) >= 11 is 7.53. The highest BCUT2D eigenvalue weighted by Crippen LogP contribution is 2.28. The Bertz CT molecular complexity index is 954. The van der Waals surface area contributed by atoms with Crippen molar-refractivity contribution < 1.29 is 13.2 Å². The van der Waals surface area contributed by atoms with Gasteiger partial charge in [-0.05, 0) is 37.5 Å². The number of nitrogens with one attached hydrogen (secondary N) is 1. The Morgan fingerprint density at radius 1 is 1.21 bits per heavy atom. The highest BCUT2D eigenvalue weighted by Gasteiger charge is 2.28. The van der Waals surface area contributed by atoms with Gasteiger partial charge in [-0.2, -0.15) is 4.31 Å². The molecule has 1 aromatic carbocycles. The lowest BCUT2D eigenvalue weighted by Crippen LogP contribution is -2.32. The monoisotopic (exact) mass is 456 g/mol. The number of nitrogens with zero attached hydrogens (tertiary/aromatic N) is 3. The zero-order valence-electron chi connectivity index (χ0n) is 16.4. The van der Waals surface area contributed by atoms with Crippen LogP contribution in [0.25, 0.3) is 0 Å². The summed E-state index contributed by atoms with van der Waals surface area (Å²) in [5.41, 5.74) is 0.216. The van der Waals surface area contributed by atoms with Crippen LogP contribution in [0.1, 0.15) is 60.8 Å². The second kappa shape index (κ2) is 9.97. The first-order valence-electron chi connectivity index (χ1n) is 9.85. The van der Waals surface area contributed by atoms with E-state index in [0.29, 0.717) is 18.2 Å². The lowest BCUT2D eigenvalue weighted by Gasteiger charge is -2.21. The summed E-state index contributed by atoms with van der Waals surface area (Å²) < 4.78 is 27.6. The molecule has 1 amide bonds. The van der Waals surface area contributed by atoms with Crippen LogP contribution in [-0.2, 0) is 16.4 Å². The van der Waals surface area contributed by atoms with Crippen molar-refractivity contribution in [3.8, 4) is 0 Å². The van der Waals surface area contributed by atoms with Gasteiger partial charge in [-0.25, -0.2) is 8.42 Å². The third-order valence-electron chi connectivity index (χ3n) is 4.81. The van der Waals surface area contributed by atoms with Crippen LogP contribution >= 0.6 is 22.9 Å². The van der Waals surface area contributed by atoms with Gasteiger partial charge in [0.25, 0.3) is 5.91 Å². The highest BCUT2D eigenvalue weighted by molar-refractivity contribution is 7.89. The number of carbonyl (C=O) groups excluding carboxylic acids is 1. The van der Waals surface area contributed by atoms with Gasteiger partial charge in [-0.3, -0.25) is 10.1 Å². The van der Waals surface area contributed by atoms with Crippen LogP contribution in [0.5, 0.6) is 0 Å². The fraction of sp³-hybridized carbons (Fsp3) is 0.526. The van der Waals surface area contributed by atoms with Crippen molar-refractivity contribution in [2.45, 2.75) is 56.8 Å². The largest absolute Gasteiger partial charge is 0.296 e. The number of rotatable bonds is 7. The number of halogens is 1. The number of anilines is 1. The molecule has 0 unspecified atom stereocenters. The van der Waals surface area contributed by atoms with Gasteiger partial charge in [-0.1, -0.05) is 49.1 Å². The second-order valence-corrected chi connectivity index (χ2v) is 10.4. The molecule has 1 fully saturated rings. The maximum Gasteiger partial charge on any atom is 0.257 e. The highest BCUT2D eigenvalue weighted by atomic mass is 35.5. The Morgan fingerprint density at radius 3 is 2.62 bits per heavy atom. The molecule has 7 nitrogen and oxygen atoms in total. The predicted octanol–water partition coefficient (Wildman–Crippen LogP) is 4.35. The molecule has 0 atom stereocenters. The van der Waals surface area contributed by atoms with E-state index in [4.69, 9.17) is 11.6 Å². The smallest absolute Gasteiger partial charge is 0.257 e. The van der Waals surface area contributed by atoms with E-state index < -0.39 is 15.9 Å². The van der Waals surface area contributed by atoms with Crippen molar-refractivity contribution >= 4 is 44.0 Å². The Hall–Kier alpha value is -1.55. The van der Waals surface area contributed by atoms with Crippen molar-refractivity contribution in [1.29, 1.82) is 0 Å². The minimum atomic E-state index is -3.76. The van der Waals surface area contributed by atoms with Gasteiger partial charge in [0.2, 0.25) is 15.2 Å². The standard InChI is InChI=1S/C19H25ClN4O3S2/c1-2-3-8-17-22-23-19(28-17)21-18(25)14-9-10-15(20)16(13-14)29(26,27)24-11-6-4-5-7-12-24/h9-10,13H,2-8,11-12H2,1H3,(H,21,23,25). The fourth-order valence-corrected chi connectivity index (χ4v) is 5.96. The van der Waals surface area contributed by atoms with E-state index in [1.807, 2.05) is 0 Å². The first-order chi connectivity index (χ1) is 13.9. The van der Waals surface area contributed by atoms with E-state index in [-0.39, 0.29) is 15.5 Å². The lowest BCUT2D eigenvalue weighted by atomic mass is 10.2. The lowest BCUT2D eigenvalue weighted by molar-refractivity contribution is 0.102. The van der Waals surface area contributed by atoms with Gasteiger partial charge in [0.1, 0.15) is 9.90 Å². The third-order valence-corrected chi connectivity index (χ3v) is 8.09. The van der Waals surface area contributed by atoms with Crippen LogP contribution in [0.3, 0.4) is 0 Å². The van der Waals surface area contributed by atoms with Crippen molar-refractivity contribution in [3.63, 3.8) is 0 Å². The summed E-state index contributed by atoms with van der Waals surface area (Å²) in [4.78, 5) is 12.6. The summed E-state index contributed by atoms with van der Waals surface area (Å²) in [5, 5.41) is 12.1. The SMILES string of the molecule is CCCCc1nnc(NC(=O)c2ccc(Cl)c(S(=O)(=O)N3CCCCCC3)c2)s1. The molecule has 1 aliphatic rings. The number of hydrogen-bond donors (Lipinski definition) is 1. The van der Waals surface area contributed by atoms with Crippen LogP contribution in [-0.4, -0.2) is 41.9 Å².